The molecule has 0 aliphatic rings. The van der Waals surface area contributed by atoms with E-state index in [1.165, 1.54) is 0 Å². The fourth-order valence-corrected chi connectivity index (χ4v) is 2.73. The highest BCUT2D eigenvalue weighted by molar-refractivity contribution is 6.07. The van der Waals surface area contributed by atoms with Crippen LogP contribution in [0.4, 0.5) is 0 Å². The van der Waals surface area contributed by atoms with Crippen LogP contribution in [0.2, 0.25) is 0 Å². The molecule has 0 bridgehead atoms. The molecule has 1 aromatic heterocycles. The highest BCUT2D eigenvalue weighted by atomic mass is 16.4. The second kappa shape index (κ2) is 5.22. The van der Waals surface area contributed by atoms with Crippen LogP contribution in [-0.2, 0) is 11.2 Å². The SMILES string of the molecule is CC(C(=O)O)c1cccc2c1oc1c(CCN)cccc12. The maximum Gasteiger partial charge on any atom is 0.310 e. The molecule has 1 atom stereocenters. The van der Waals surface area contributed by atoms with Crippen LogP contribution in [0.15, 0.2) is 40.8 Å². The quantitative estimate of drug-likeness (QED) is 0.770. The van der Waals surface area contributed by atoms with Crippen LogP contribution in [0.3, 0.4) is 0 Å². The lowest BCUT2D eigenvalue weighted by Crippen LogP contribution is -2.07. The van der Waals surface area contributed by atoms with Gasteiger partial charge in [0.2, 0.25) is 0 Å². The zero-order valence-corrected chi connectivity index (χ0v) is 11.8. The number of carboxylic acid groups (broad SMARTS) is 1. The Morgan fingerprint density at radius 3 is 2.52 bits per heavy atom. The van der Waals surface area contributed by atoms with E-state index < -0.39 is 11.9 Å². The average Bonchev–Trinajstić information content (AvgIpc) is 2.86. The number of hydrogen-bond acceptors (Lipinski definition) is 3. The lowest BCUT2D eigenvalue weighted by molar-refractivity contribution is -0.138. The summed E-state index contributed by atoms with van der Waals surface area (Å²) in [5, 5.41) is 11.2. The number of furan rings is 1. The van der Waals surface area contributed by atoms with Crippen molar-refractivity contribution in [1.82, 2.24) is 0 Å². The number of benzene rings is 2. The van der Waals surface area contributed by atoms with E-state index in [0.717, 1.165) is 28.3 Å². The van der Waals surface area contributed by atoms with Crippen molar-refractivity contribution >= 4 is 27.9 Å². The maximum absolute atomic E-state index is 11.3. The number of aliphatic carboxylic acids is 1. The average molecular weight is 283 g/mol. The molecule has 0 saturated carbocycles. The molecule has 21 heavy (non-hydrogen) atoms. The summed E-state index contributed by atoms with van der Waals surface area (Å²) in [6, 6.07) is 11.6. The zero-order valence-electron chi connectivity index (χ0n) is 11.8. The summed E-state index contributed by atoms with van der Waals surface area (Å²) in [5.74, 6) is -1.46. The van der Waals surface area contributed by atoms with Crippen LogP contribution in [0.25, 0.3) is 21.9 Å². The van der Waals surface area contributed by atoms with Gasteiger partial charge in [0.25, 0.3) is 0 Å². The van der Waals surface area contributed by atoms with Crippen molar-refractivity contribution < 1.29 is 14.3 Å². The van der Waals surface area contributed by atoms with Crippen molar-refractivity contribution in [2.75, 3.05) is 6.54 Å². The first-order chi connectivity index (χ1) is 10.1. The molecule has 0 aliphatic carbocycles. The Morgan fingerprint density at radius 2 is 1.86 bits per heavy atom. The fraction of sp³-hybridized carbons (Fsp3) is 0.235. The zero-order chi connectivity index (χ0) is 15.0. The molecule has 0 saturated heterocycles. The van der Waals surface area contributed by atoms with Gasteiger partial charge in [0.15, 0.2) is 0 Å². The van der Waals surface area contributed by atoms with Gasteiger partial charge < -0.3 is 15.3 Å². The van der Waals surface area contributed by atoms with E-state index in [1.807, 2.05) is 36.4 Å². The number of nitrogens with two attached hydrogens (primary N) is 1. The van der Waals surface area contributed by atoms with E-state index in [4.69, 9.17) is 10.2 Å². The van der Waals surface area contributed by atoms with E-state index in [9.17, 15) is 9.90 Å². The summed E-state index contributed by atoms with van der Waals surface area (Å²) >= 11 is 0. The molecule has 3 rings (SSSR count). The molecule has 0 spiro atoms. The van der Waals surface area contributed by atoms with Crippen LogP contribution >= 0.6 is 0 Å². The van der Waals surface area contributed by atoms with E-state index >= 15 is 0 Å². The number of rotatable bonds is 4. The van der Waals surface area contributed by atoms with Crippen molar-refractivity contribution in [3.63, 3.8) is 0 Å². The van der Waals surface area contributed by atoms with Crippen LogP contribution in [0.1, 0.15) is 24.0 Å². The first kappa shape index (κ1) is 13.6. The topological polar surface area (TPSA) is 76.5 Å². The van der Waals surface area contributed by atoms with Crippen molar-refractivity contribution in [3.8, 4) is 0 Å². The molecular weight excluding hydrogens is 266 g/mol. The lowest BCUT2D eigenvalue weighted by Gasteiger charge is -2.06. The Hall–Kier alpha value is -2.33. The number of carboxylic acids is 1. The Bertz CT molecular complexity index is 819. The molecule has 1 unspecified atom stereocenters. The summed E-state index contributed by atoms with van der Waals surface area (Å²) in [7, 11) is 0. The molecule has 3 N–H and O–H groups in total. The predicted octanol–water partition coefficient (Wildman–Crippen LogP) is 3.28. The first-order valence-corrected chi connectivity index (χ1v) is 6.99. The number of carbonyl (C=O) groups is 1. The van der Waals surface area contributed by atoms with Gasteiger partial charge in [0.05, 0.1) is 5.92 Å². The molecule has 4 nitrogen and oxygen atoms in total. The molecule has 108 valence electrons. The van der Waals surface area contributed by atoms with Crippen LogP contribution in [-0.4, -0.2) is 17.6 Å². The molecule has 0 fully saturated rings. The standard InChI is InChI=1S/C17H17NO3/c1-10(17(19)20)12-5-3-7-14-13-6-2-4-11(8-9-18)15(13)21-16(12)14/h2-7,10H,8-9,18H2,1H3,(H,19,20). The fourth-order valence-electron chi connectivity index (χ4n) is 2.73. The van der Waals surface area contributed by atoms with Crippen molar-refractivity contribution in [1.29, 1.82) is 0 Å². The Kier molecular flexibility index (Phi) is 3.39. The lowest BCUT2D eigenvalue weighted by atomic mass is 9.98. The highest BCUT2D eigenvalue weighted by Gasteiger charge is 2.20. The van der Waals surface area contributed by atoms with E-state index in [2.05, 4.69) is 0 Å². The van der Waals surface area contributed by atoms with Gasteiger partial charge >= 0.3 is 5.97 Å². The Morgan fingerprint density at radius 1 is 1.19 bits per heavy atom. The minimum Gasteiger partial charge on any atom is -0.481 e. The third-order valence-corrected chi connectivity index (χ3v) is 3.89. The van der Waals surface area contributed by atoms with Gasteiger partial charge in [0.1, 0.15) is 11.2 Å². The predicted molar refractivity (Wildman–Crippen MR) is 82.5 cm³/mol. The molecule has 1 heterocycles. The summed E-state index contributed by atoms with van der Waals surface area (Å²) in [4.78, 5) is 11.3. The smallest absolute Gasteiger partial charge is 0.310 e. The maximum atomic E-state index is 11.3. The van der Waals surface area contributed by atoms with Crippen molar-refractivity contribution in [2.24, 2.45) is 5.73 Å². The van der Waals surface area contributed by atoms with Crippen LogP contribution in [0.5, 0.6) is 0 Å². The Labute approximate surface area is 122 Å². The number of fused-ring (bicyclic) bond motifs is 3. The third-order valence-electron chi connectivity index (χ3n) is 3.89. The van der Waals surface area contributed by atoms with Crippen molar-refractivity contribution in [3.05, 3.63) is 47.5 Å². The van der Waals surface area contributed by atoms with Gasteiger partial charge in [-0.15, -0.1) is 0 Å². The molecule has 3 aromatic rings. The van der Waals surface area contributed by atoms with Gasteiger partial charge in [-0.1, -0.05) is 36.4 Å². The molecule has 0 amide bonds. The van der Waals surface area contributed by atoms with E-state index in [1.54, 1.807) is 6.92 Å². The minimum atomic E-state index is -0.856. The number of hydrogen-bond donors (Lipinski definition) is 2. The normalized spacial score (nSPS) is 12.9. The Balaban J connectivity index is 2.32. The van der Waals surface area contributed by atoms with Gasteiger partial charge in [-0.05, 0) is 25.5 Å². The first-order valence-electron chi connectivity index (χ1n) is 6.99. The van der Waals surface area contributed by atoms with E-state index in [-0.39, 0.29) is 0 Å². The monoisotopic (exact) mass is 283 g/mol. The van der Waals surface area contributed by atoms with Crippen molar-refractivity contribution in [2.45, 2.75) is 19.3 Å². The largest absolute Gasteiger partial charge is 0.481 e. The van der Waals surface area contributed by atoms with Crippen LogP contribution < -0.4 is 5.73 Å². The second-order valence-corrected chi connectivity index (χ2v) is 5.22. The van der Waals surface area contributed by atoms with Crippen LogP contribution in [0, 0.1) is 0 Å². The second-order valence-electron chi connectivity index (χ2n) is 5.22. The third kappa shape index (κ3) is 2.17. The van der Waals surface area contributed by atoms with Gasteiger partial charge in [-0.25, -0.2) is 0 Å². The van der Waals surface area contributed by atoms with Gasteiger partial charge in [-0.3, -0.25) is 4.79 Å². The molecule has 0 radical (unpaired) electrons. The molecule has 4 heteroatoms. The summed E-state index contributed by atoms with van der Waals surface area (Å²) in [6.45, 7) is 2.22. The van der Waals surface area contributed by atoms with E-state index in [0.29, 0.717) is 17.7 Å². The minimum absolute atomic E-state index is 0.550. The van der Waals surface area contributed by atoms with Gasteiger partial charge in [0, 0.05) is 16.3 Å². The molecular formula is C17H17NO3. The molecule has 0 aliphatic heterocycles. The van der Waals surface area contributed by atoms with Gasteiger partial charge in [-0.2, -0.15) is 0 Å². The molecule has 2 aromatic carbocycles. The summed E-state index contributed by atoms with van der Waals surface area (Å²) in [6.07, 6.45) is 0.737. The highest BCUT2D eigenvalue weighted by Crippen LogP contribution is 2.35. The number of para-hydroxylation sites is 2. The summed E-state index contributed by atoms with van der Waals surface area (Å²) < 4.78 is 6.02. The summed E-state index contributed by atoms with van der Waals surface area (Å²) in [5.41, 5.74) is 8.87.